The fraction of sp³-hybridized carbons (Fsp3) is 0.333. The van der Waals surface area contributed by atoms with Crippen molar-refractivity contribution in [2.24, 2.45) is 0 Å². The van der Waals surface area contributed by atoms with Crippen LogP contribution in [-0.2, 0) is 12.0 Å². The number of benzene rings is 2. The fourth-order valence-corrected chi connectivity index (χ4v) is 3.26. The number of hydrogen-bond donors (Lipinski definition) is 1. The summed E-state index contributed by atoms with van der Waals surface area (Å²) in [5.74, 6) is -1.71. The van der Waals surface area contributed by atoms with Crippen molar-refractivity contribution in [3.63, 3.8) is 0 Å². The molecule has 150 valence electrons. The molecule has 0 spiro atoms. The molecule has 1 aliphatic heterocycles. The molecule has 0 amide bonds. The van der Waals surface area contributed by atoms with E-state index in [0.717, 1.165) is 18.2 Å². The molecule has 0 saturated heterocycles. The number of alkyl halides is 3. The van der Waals surface area contributed by atoms with Gasteiger partial charge in [0, 0.05) is 18.7 Å². The highest BCUT2D eigenvalue weighted by molar-refractivity contribution is 5.76. The number of nitro groups is 1. The first-order chi connectivity index (χ1) is 12.9. The minimum Gasteiger partial charge on any atom is -0.376 e. The second-order valence-corrected chi connectivity index (χ2v) is 6.68. The van der Waals surface area contributed by atoms with Crippen LogP contribution in [0.4, 0.5) is 39.0 Å². The van der Waals surface area contributed by atoms with Gasteiger partial charge in [0.1, 0.15) is 17.3 Å². The van der Waals surface area contributed by atoms with E-state index in [4.69, 9.17) is 0 Å². The van der Waals surface area contributed by atoms with Crippen LogP contribution in [0.1, 0.15) is 24.5 Å². The van der Waals surface area contributed by atoms with Gasteiger partial charge in [0.2, 0.25) is 0 Å². The third kappa shape index (κ3) is 3.28. The predicted molar refractivity (Wildman–Crippen MR) is 90.4 cm³/mol. The number of hydrogen-bond acceptors (Lipinski definition) is 4. The van der Waals surface area contributed by atoms with Crippen LogP contribution >= 0.6 is 0 Å². The zero-order valence-electron chi connectivity index (χ0n) is 14.6. The van der Waals surface area contributed by atoms with E-state index in [9.17, 15) is 37.2 Å². The van der Waals surface area contributed by atoms with Crippen molar-refractivity contribution >= 4 is 17.1 Å². The second kappa shape index (κ2) is 6.69. The molecule has 1 atom stereocenters. The maximum atomic E-state index is 14.4. The first-order valence-corrected chi connectivity index (χ1v) is 8.27. The summed E-state index contributed by atoms with van der Waals surface area (Å²) in [6.45, 7) is 0.649. The lowest BCUT2D eigenvalue weighted by Crippen LogP contribution is -2.39. The lowest BCUT2D eigenvalue weighted by Gasteiger charge is -2.32. The Bertz CT molecular complexity index is 944. The summed E-state index contributed by atoms with van der Waals surface area (Å²) in [6, 6.07) is 4.33. The molecule has 1 N–H and O–H groups in total. The van der Waals surface area contributed by atoms with E-state index in [-0.39, 0.29) is 17.9 Å². The van der Waals surface area contributed by atoms with Gasteiger partial charge in [-0.1, -0.05) is 6.07 Å². The zero-order chi connectivity index (χ0) is 20.9. The predicted octanol–water partition coefficient (Wildman–Crippen LogP) is 4.73. The van der Waals surface area contributed by atoms with Crippen molar-refractivity contribution in [1.82, 2.24) is 0 Å². The Kier molecular flexibility index (Phi) is 4.78. The van der Waals surface area contributed by atoms with Gasteiger partial charge >= 0.3 is 6.18 Å². The number of aliphatic hydroxyl groups is 1. The van der Waals surface area contributed by atoms with E-state index in [2.05, 4.69) is 0 Å². The van der Waals surface area contributed by atoms with Crippen molar-refractivity contribution < 1.29 is 32.0 Å². The first-order valence-electron chi connectivity index (χ1n) is 8.27. The van der Waals surface area contributed by atoms with Gasteiger partial charge in [0.15, 0.2) is 5.60 Å². The monoisotopic (exact) mass is 402 g/mol. The summed E-state index contributed by atoms with van der Waals surface area (Å²) in [5.41, 5.74) is -4.62. The molecule has 0 aliphatic carbocycles. The molecule has 0 bridgehead atoms. The summed E-state index contributed by atoms with van der Waals surface area (Å²) in [5, 5.41) is 21.3. The quantitative estimate of drug-likeness (QED) is 0.458. The Morgan fingerprint density at radius 2 is 1.86 bits per heavy atom. The van der Waals surface area contributed by atoms with E-state index in [1.165, 1.54) is 4.90 Å². The summed E-state index contributed by atoms with van der Waals surface area (Å²) < 4.78 is 67.1. The van der Waals surface area contributed by atoms with Crippen LogP contribution in [0.15, 0.2) is 30.3 Å². The molecule has 1 aliphatic rings. The maximum Gasteiger partial charge on any atom is 0.421 e. The van der Waals surface area contributed by atoms with Gasteiger partial charge < -0.3 is 10.0 Å². The molecule has 2 aromatic rings. The summed E-state index contributed by atoms with van der Waals surface area (Å²) in [4.78, 5) is 11.9. The molecule has 28 heavy (non-hydrogen) atoms. The van der Waals surface area contributed by atoms with Crippen molar-refractivity contribution in [2.75, 3.05) is 11.4 Å². The van der Waals surface area contributed by atoms with Crippen LogP contribution in [0.2, 0.25) is 0 Å². The zero-order valence-corrected chi connectivity index (χ0v) is 14.6. The van der Waals surface area contributed by atoms with Gasteiger partial charge in [-0.3, -0.25) is 10.1 Å². The largest absolute Gasteiger partial charge is 0.421 e. The fourth-order valence-electron chi connectivity index (χ4n) is 3.26. The maximum absolute atomic E-state index is 14.4. The average Bonchev–Trinajstić information content (AvgIpc) is 2.59. The highest BCUT2D eigenvalue weighted by Gasteiger charge is 2.51. The highest BCUT2D eigenvalue weighted by atomic mass is 19.4. The van der Waals surface area contributed by atoms with E-state index >= 15 is 0 Å². The van der Waals surface area contributed by atoms with Crippen molar-refractivity contribution in [3.05, 3.63) is 63.2 Å². The summed E-state index contributed by atoms with van der Waals surface area (Å²) >= 11 is 0. The molecule has 10 heteroatoms. The molecular weight excluding hydrogens is 387 g/mol. The second-order valence-electron chi connectivity index (χ2n) is 6.68. The smallest absolute Gasteiger partial charge is 0.376 e. The third-order valence-corrected chi connectivity index (χ3v) is 4.78. The van der Waals surface area contributed by atoms with Crippen LogP contribution in [0.5, 0.6) is 0 Å². The normalized spacial score (nSPS) is 16.5. The Balaban J connectivity index is 2.16. The lowest BCUT2D eigenvalue weighted by molar-refractivity contribution is -0.384. The minimum absolute atomic E-state index is 0.0499. The van der Waals surface area contributed by atoms with Gasteiger partial charge in [0.25, 0.3) is 5.69 Å². The van der Waals surface area contributed by atoms with Gasteiger partial charge in [-0.25, -0.2) is 8.78 Å². The number of halogens is 5. The Morgan fingerprint density at radius 3 is 2.46 bits per heavy atom. The number of aryl methyl sites for hydroxylation is 1. The van der Waals surface area contributed by atoms with Crippen molar-refractivity contribution in [1.29, 1.82) is 0 Å². The Labute approximate surface area is 156 Å². The van der Waals surface area contributed by atoms with Crippen LogP contribution in [-0.4, -0.2) is 22.8 Å². The molecule has 0 fully saturated rings. The number of rotatable bonds is 3. The average molecular weight is 402 g/mol. The van der Waals surface area contributed by atoms with Crippen LogP contribution in [0.25, 0.3) is 0 Å². The summed E-state index contributed by atoms with van der Waals surface area (Å²) in [6.07, 6.45) is -4.26. The van der Waals surface area contributed by atoms with Gasteiger partial charge in [-0.15, -0.1) is 0 Å². The van der Waals surface area contributed by atoms with Crippen LogP contribution in [0.3, 0.4) is 0 Å². The van der Waals surface area contributed by atoms with E-state index in [1.807, 2.05) is 0 Å². The Morgan fingerprint density at radius 1 is 1.18 bits per heavy atom. The van der Waals surface area contributed by atoms with Crippen molar-refractivity contribution in [3.8, 4) is 0 Å². The van der Waals surface area contributed by atoms with Gasteiger partial charge in [-0.2, -0.15) is 13.2 Å². The summed E-state index contributed by atoms with van der Waals surface area (Å²) in [7, 11) is 0. The number of fused-ring (bicyclic) bond motifs is 1. The molecule has 0 aromatic heterocycles. The number of anilines is 2. The molecule has 3 rings (SSSR count). The lowest BCUT2D eigenvalue weighted by atomic mass is 9.93. The van der Waals surface area contributed by atoms with Crippen molar-refractivity contribution in [2.45, 2.75) is 31.5 Å². The van der Waals surface area contributed by atoms with E-state index < -0.39 is 39.6 Å². The topological polar surface area (TPSA) is 66.6 Å². The third-order valence-electron chi connectivity index (χ3n) is 4.78. The van der Waals surface area contributed by atoms with E-state index in [0.29, 0.717) is 37.5 Å². The van der Waals surface area contributed by atoms with Crippen LogP contribution in [0, 0.1) is 21.7 Å². The van der Waals surface area contributed by atoms with Crippen LogP contribution < -0.4 is 4.90 Å². The SMILES string of the molecule is CC(O)(c1ccc(N2CCCc3cc(F)cc(F)c32)c([N+](=O)[O-])c1)C(F)(F)F. The standard InChI is InChI=1S/C18H15F5N2O3/c1-17(26,18(21,22)23)11-4-5-14(15(8-11)25(27)28)24-6-2-3-10-7-12(19)9-13(20)16(10)24/h4-5,7-9,26H,2-3,6H2,1H3. The minimum atomic E-state index is -5.05. The molecule has 2 aromatic carbocycles. The molecule has 1 heterocycles. The Hall–Kier alpha value is -2.75. The highest BCUT2D eigenvalue weighted by Crippen LogP contribution is 2.44. The molecule has 0 radical (unpaired) electrons. The molecule has 0 saturated carbocycles. The van der Waals surface area contributed by atoms with E-state index in [1.54, 1.807) is 0 Å². The molecule has 5 nitrogen and oxygen atoms in total. The molecular formula is C18H15F5N2O3. The van der Waals surface area contributed by atoms with Gasteiger partial charge in [0.05, 0.1) is 10.6 Å². The molecule has 1 unspecified atom stereocenters. The first kappa shape index (κ1) is 20.0. The number of nitrogens with zero attached hydrogens (tertiary/aromatic N) is 2. The number of nitro benzene ring substituents is 1. The van der Waals surface area contributed by atoms with Gasteiger partial charge in [-0.05, 0) is 43.0 Å².